The van der Waals surface area contributed by atoms with Gasteiger partial charge in [0, 0.05) is 10.7 Å². The molecule has 1 aromatic heterocycles. The number of methoxy groups -OCH3 is 1. The number of aryl methyl sites for hydroxylation is 1. The van der Waals surface area contributed by atoms with Crippen LogP contribution in [0.25, 0.3) is 0 Å². The van der Waals surface area contributed by atoms with Crippen LogP contribution in [0, 0.1) is 6.92 Å². The van der Waals surface area contributed by atoms with Crippen LogP contribution < -0.4 is 15.5 Å². The highest BCUT2D eigenvalue weighted by Gasteiger charge is 2.37. The minimum absolute atomic E-state index is 0.146. The van der Waals surface area contributed by atoms with Crippen molar-refractivity contribution in [3.05, 3.63) is 64.9 Å². The van der Waals surface area contributed by atoms with Crippen LogP contribution in [0.2, 0.25) is 5.02 Å². The first-order valence-electron chi connectivity index (χ1n) is 8.61. The van der Waals surface area contributed by atoms with Crippen molar-refractivity contribution in [1.29, 1.82) is 0 Å². The van der Waals surface area contributed by atoms with Gasteiger partial charge < -0.3 is 15.5 Å². The van der Waals surface area contributed by atoms with Gasteiger partial charge in [0.2, 0.25) is 11.1 Å². The molecule has 0 aliphatic carbocycles. The smallest absolute Gasteiger partial charge is 0.240 e. The second-order valence-electron chi connectivity index (χ2n) is 6.28. The fourth-order valence-corrected chi connectivity index (χ4v) is 4.32. The van der Waals surface area contributed by atoms with Gasteiger partial charge in [-0.15, -0.1) is 10.2 Å². The average molecular weight is 416 g/mol. The Labute approximate surface area is 171 Å². The van der Waals surface area contributed by atoms with Crippen LogP contribution in [0.3, 0.4) is 0 Å². The summed E-state index contributed by atoms with van der Waals surface area (Å²) in [5.74, 6) is 1.34. The number of anilines is 1. The van der Waals surface area contributed by atoms with E-state index in [0.29, 0.717) is 15.9 Å². The maximum Gasteiger partial charge on any atom is 0.240 e. The van der Waals surface area contributed by atoms with Crippen molar-refractivity contribution in [2.45, 2.75) is 23.4 Å². The number of carbonyl (C=O) groups excluding carboxylic acids is 1. The van der Waals surface area contributed by atoms with Crippen LogP contribution in [0.5, 0.6) is 5.75 Å². The Bertz CT molecular complexity index is 1010. The lowest BCUT2D eigenvalue weighted by Gasteiger charge is -2.32. The van der Waals surface area contributed by atoms with Crippen molar-refractivity contribution in [3.8, 4) is 5.75 Å². The lowest BCUT2D eigenvalue weighted by molar-refractivity contribution is -0.116. The number of rotatable bonds is 4. The lowest BCUT2D eigenvalue weighted by atomic mass is 10.0. The number of benzene rings is 2. The minimum Gasteiger partial charge on any atom is -0.497 e. The molecule has 9 heteroatoms. The van der Waals surface area contributed by atoms with E-state index in [-0.39, 0.29) is 11.9 Å². The van der Waals surface area contributed by atoms with Crippen molar-refractivity contribution in [3.63, 3.8) is 0 Å². The Balaban J connectivity index is 1.65. The number of carbonyl (C=O) groups is 1. The molecule has 0 bridgehead atoms. The Kier molecular flexibility index (Phi) is 5.15. The van der Waals surface area contributed by atoms with Gasteiger partial charge in [0.1, 0.15) is 16.8 Å². The molecule has 2 N–H and O–H groups in total. The summed E-state index contributed by atoms with van der Waals surface area (Å²) in [6.07, 6.45) is 0. The third-order valence-electron chi connectivity index (χ3n) is 4.42. The molecule has 0 radical (unpaired) electrons. The van der Waals surface area contributed by atoms with Crippen molar-refractivity contribution < 1.29 is 9.53 Å². The lowest BCUT2D eigenvalue weighted by Crippen LogP contribution is -2.41. The SMILES string of the molecule is COc1ccc([C@@H]2Nn3c(C)nnc3S[C@H]2C(=O)Nc2cccc(Cl)c2)cc1. The molecular weight excluding hydrogens is 398 g/mol. The number of fused-ring (bicyclic) bond motifs is 1. The average Bonchev–Trinajstić information content (AvgIpc) is 3.07. The number of hydrogen-bond acceptors (Lipinski definition) is 6. The van der Waals surface area contributed by atoms with Crippen molar-refractivity contribution >= 4 is 35.0 Å². The Morgan fingerprint density at radius 3 is 2.75 bits per heavy atom. The van der Waals surface area contributed by atoms with E-state index in [9.17, 15) is 4.79 Å². The Hall–Kier alpha value is -2.71. The van der Waals surface area contributed by atoms with Crippen LogP contribution in [-0.4, -0.2) is 33.1 Å². The van der Waals surface area contributed by atoms with Crippen molar-refractivity contribution in [1.82, 2.24) is 14.9 Å². The normalized spacial score (nSPS) is 18.1. The first kappa shape index (κ1) is 18.6. The van der Waals surface area contributed by atoms with Gasteiger partial charge in [-0.3, -0.25) is 4.79 Å². The molecule has 2 atom stereocenters. The predicted octanol–water partition coefficient (Wildman–Crippen LogP) is 3.65. The first-order chi connectivity index (χ1) is 13.5. The van der Waals surface area contributed by atoms with E-state index >= 15 is 0 Å². The van der Waals surface area contributed by atoms with E-state index in [2.05, 4.69) is 20.9 Å². The van der Waals surface area contributed by atoms with E-state index in [4.69, 9.17) is 16.3 Å². The van der Waals surface area contributed by atoms with Crippen LogP contribution in [0.1, 0.15) is 17.4 Å². The summed E-state index contributed by atoms with van der Waals surface area (Å²) in [7, 11) is 1.62. The maximum atomic E-state index is 13.1. The molecule has 0 saturated heterocycles. The minimum atomic E-state index is -0.455. The standard InChI is InChI=1S/C19H18ClN5O2S/c1-11-22-23-19-25(11)24-16(12-6-8-15(27-2)9-7-12)17(28-19)18(26)21-14-5-3-4-13(20)10-14/h3-10,16-17,24H,1-2H3,(H,21,26)/t16-,17+/m0/s1. The molecule has 7 nitrogen and oxygen atoms in total. The molecule has 1 aliphatic rings. The fraction of sp³-hybridized carbons (Fsp3) is 0.211. The van der Waals surface area contributed by atoms with Crippen LogP contribution in [0.15, 0.2) is 53.7 Å². The molecule has 144 valence electrons. The number of nitrogens with one attached hydrogen (secondary N) is 2. The molecule has 3 aromatic rings. The van der Waals surface area contributed by atoms with Gasteiger partial charge in [0.05, 0.1) is 13.2 Å². The highest BCUT2D eigenvalue weighted by atomic mass is 35.5. The Morgan fingerprint density at radius 1 is 1.25 bits per heavy atom. The molecule has 4 rings (SSSR count). The van der Waals surface area contributed by atoms with Gasteiger partial charge in [0.15, 0.2) is 0 Å². The molecule has 1 amide bonds. The summed E-state index contributed by atoms with van der Waals surface area (Å²) in [4.78, 5) is 13.1. The third-order valence-corrected chi connectivity index (χ3v) is 5.87. The number of thioether (sulfide) groups is 1. The molecule has 28 heavy (non-hydrogen) atoms. The zero-order valence-electron chi connectivity index (χ0n) is 15.2. The zero-order valence-corrected chi connectivity index (χ0v) is 16.8. The number of ether oxygens (including phenoxy) is 1. The second kappa shape index (κ2) is 7.73. The van der Waals surface area contributed by atoms with Gasteiger partial charge in [-0.25, -0.2) is 4.68 Å². The van der Waals surface area contributed by atoms with Crippen LogP contribution >= 0.6 is 23.4 Å². The van der Waals surface area contributed by atoms with Gasteiger partial charge in [-0.1, -0.05) is 41.6 Å². The molecule has 0 spiro atoms. The number of hydrogen-bond donors (Lipinski definition) is 2. The molecule has 1 aliphatic heterocycles. The van der Waals surface area contributed by atoms with Crippen molar-refractivity contribution in [2.75, 3.05) is 17.9 Å². The van der Waals surface area contributed by atoms with E-state index in [0.717, 1.165) is 17.1 Å². The number of amides is 1. The number of aromatic nitrogens is 3. The monoisotopic (exact) mass is 415 g/mol. The highest BCUT2D eigenvalue weighted by molar-refractivity contribution is 8.00. The van der Waals surface area contributed by atoms with Gasteiger partial charge in [-0.2, -0.15) is 0 Å². The first-order valence-corrected chi connectivity index (χ1v) is 9.86. The maximum absolute atomic E-state index is 13.1. The molecule has 0 fully saturated rings. The third kappa shape index (κ3) is 3.65. The largest absolute Gasteiger partial charge is 0.497 e. The molecular formula is C19H18ClN5O2S. The van der Waals surface area contributed by atoms with Crippen LogP contribution in [0.4, 0.5) is 5.69 Å². The summed E-state index contributed by atoms with van der Waals surface area (Å²) in [5, 5.41) is 12.0. The van der Waals surface area contributed by atoms with Gasteiger partial charge >= 0.3 is 0 Å². The van der Waals surface area contributed by atoms with E-state index in [1.54, 1.807) is 31.4 Å². The fourth-order valence-electron chi connectivity index (χ4n) is 3.00. The summed E-state index contributed by atoms with van der Waals surface area (Å²) in [6.45, 7) is 1.86. The molecule has 0 saturated carbocycles. The van der Waals surface area contributed by atoms with Gasteiger partial charge in [-0.05, 0) is 42.8 Å². The van der Waals surface area contributed by atoms with Crippen molar-refractivity contribution in [2.24, 2.45) is 0 Å². The zero-order chi connectivity index (χ0) is 19.7. The number of nitrogens with zero attached hydrogens (tertiary/aromatic N) is 3. The van der Waals surface area contributed by atoms with Crippen LogP contribution in [-0.2, 0) is 4.79 Å². The van der Waals surface area contributed by atoms with E-state index in [1.165, 1.54) is 11.8 Å². The highest BCUT2D eigenvalue weighted by Crippen LogP contribution is 2.38. The predicted molar refractivity (Wildman–Crippen MR) is 110 cm³/mol. The summed E-state index contributed by atoms with van der Waals surface area (Å²) < 4.78 is 7.05. The summed E-state index contributed by atoms with van der Waals surface area (Å²) in [6, 6.07) is 14.4. The summed E-state index contributed by atoms with van der Waals surface area (Å²) >= 11 is 7.41. The molecule has 2 aromatic carbocycles. The molecule has 2 heterocycles. The summed E-state index contributed by atoms with van der Waals surface area (Å²) in [5.41, 5.74) is 4.98. The van der Waals surface area contributed by atoms with Gasteiger partial charge in [0.25, 0.3) is 0 Å². The van der Waals surface area contributed by atoms with E-state index < -0.39 is 5.25 Å². The number of halogens is 1. The quantitative estimate of drug-likeness (QED) is 0.677. The molecule has 0 unspecified atom stereocenters. The topological polar surface area (TPSA) is 81.1 Å². The van der Waals surface area contributed by atoms with E-state index in [1.807, 2.05) is 35.9 Å². The second-order valence-corrected chi connectivity index (χ2v) is 7.83. The Morgan fingerprint density at radius 2 is 2.04 bits per heavy atom.